The lowest BCUT2D eigenvalue weighted by Crippen LogP contribution is -2.34. The van der Waals surface area contributed by atoms with E-state index in [0.29, 0.717) is 0 Å². The summed E-state index contributed by atoms with van der Waals surface area (Å²) in [6.07, 6.45) is 20.2. The van der Waals surface area contributed by atoms with Gasteiger partial charge in [-0.1, -0.05) is 100 Å². The highest BCUT2D eigenvalue weighted by molar-refractivity contribution is 6.32. The van der Waals surface area contributed by atoms with Crippen LogP contribution in [-0.2, 0) is 0 Å². The Morgan fingerprint density at radius 3 is 2.12 bits per heavy atom. The van der Waals surface area contributed by atoms with Crippen molar-refractivity contribution in [2.24, 2.45) is 0 Å². The summed E-state index contributed by atoms with van der Waals surface area (Å²) in [5.41, 5.74) is 1.03. The molecule has 0 bridgehead atoms. The Hall–Kier alpha value is -1.23. The van der Waals surface area contributed by atoms with Crippen LogP contribution in [0.5, 0.6) is 0 Å². The van der Waals surface area contributed by atoms with Crippen molar-refractivity contribution >= 4 is 17.7 Å². The van der Waals surface area contributed by atoms with Gasteiger partial charge in [0.1, 0.15) is 0 Å². The molecule has 0 amide bonds. The van der Waals surface area contributed by atoms with Crippen LogP contribution in [-0.4, -0.2) is 24.0 Å². The van der Waals surface area contributed by atoms with Crippen LogP contribution in [0.25, 0.3) is 6.08 Å². The van der Waals surface area contributed by atoms with Crippen LogP contribution >= 0.6 is 11.6 Å². The predicted molar refractivity (Wildman–Crippen MR) is 113 cm³/mol. The largest absolute Gasteiger partial charge is 0.287 e. The van der Waals surface area contributed by atoms with E-state index in [1.165, 1.54) is 51.4 Å². The normalized spacial score (nSPS) is 12.6. The zero-order valence-corrected chi connectivity index (χ0v) is 16.8. The molecule has 0 fully saturated rings. The summed E-state index contributed by atoms with van der Waals surface area (Å²) < 4.78 is 0. The molecule has 0 N–H and O–H groups in total. The van der Waals surface area contributed by atoms with Crippen molar-refractivity contribution in [1.29, 1.82) is 0 Å². The minimum atomic E-state index is 0.0412. The first-order valence-electron chi connectivity index (χ1n) is 9.85. The van der Waals surface area contributed by atoms with Gasteiger partial charge in [-0.05, 0) is 37.6 Å². The molecule has 0 saturated heterocycles. The third-order valence-corrected chi connectivity index (χ3v) is 4.87. The van der Waals surface area contributed by atoms with Crippen LogP contribution < -0.4 is 0 Å². The minimum absolute atomic E-state index is 0.0412. The van der Waals surface area contributed by atoms with Gasteiger partial charge in [-0.25, -0.2) is 0 Å². The molecular weight excluding hydrogens is 326 g/mol. The van der Waals surface area contributed by atoms with Gasteiger partial charge in [-0.15, -0.1) is 6.42 Å². The van der Waals surface area contributed by atoms with E-state index in [2.05, 4.69) is 36.8 Å². The molecule has 1 aromatic carbocycles. The summed E-state index contributed by atoms with van der Waals surface area (Å²) in [5.74, 6) is 2.97. The maximum absolute atomic E-state index is 6.25. The van der Waals surface area contributed by atoms with Crippen molar-refractivity contribution < 1.29 is 0 Å². The fraction of sp³-hybridized carbons (Fsp3) is 0.565. The van der Waals surface area contributed by atoms with Crippen LogP contribution in [0.1, 0.15) is 70.8 Å². The number of rotatable bonds is 13. The fourth-order valence-electron chi connectivity index (χ4n) is 2.96. The monoisotopic (exact) mass is 359 g/mol. The highest BCUT2D eigenvalue weighted by atomic mass is 35.5. The average molecular weight is 360 g/mol. The zero-order chi connectivity index (χ0) is 18.3. The van der Waals surface area contributed by atoms with E-state index in [1.54, 1.807) is 0 Å². The van der Waals surface area contributed by atoms with Gasteiger partial charge in [0.25, 0.3) is 0 Å². The van der Waals surface area contributed by atoms with Crippen molar-refractivity contribution in [3.63, 3.8) is 0 Å². The summed E-state index contributed by atoms with van der Waals surface area (Å²) in [6.45, 7) is 6.65. The van der Waals surface area contributed by atoms with Gasteiger partial charge in [0.2, 0.25) is 0 Å². The average Bonchev–Trinajstić information content (AvgIpc) is 2.63. The molecular formula is C23H34ClN. The smallest absolute Gasteiger partial charge is 0.0901 e. The van der Waals surface area contributed by atoms with Crippen molar-refractivity contribution in [2.75, 3.05) is 13.1 Å². The van der Waals surface area contributed by atoms with Crippen molar-refractivity contribution in [3.05, 3.63) is 40.9 Å². The van der Waals surface area contributed by atoms with Crippen molar-refractivity contribution in [2.45, 2.75) is 71.3 Å². The van der Waals surface area contributed by atoms with Crippen LogP contribution in [0.15, 0.2) is 30.3 Å². The maximum atomic E-state index is 6.25. The molecule has 0 saturated carbocycles. The topological polar surface area (TPSA) is 3.24 Å². The molecule has 0 radical (unpaired) electrons. The second kappa shape index (κ2) is 14.0. The highest BCUT2D eigenvalue weighted by Gasteiger charge is 2.13. The zero-order valence-electron chi connectivity index (χ0n) is 16.0. The number of unbranched alkanes of at least 4 members (excludes halogenated alkanes) is 6. The first-order chi connectivity index (χ1) is 12.2. The Bertz CT molecular complexity index is 517. The summed E-state index contributed by atoms with van der Waals surface area (Å²) in [7, 11) is 0. The molecule has 0 aliphatic rings. The van der Waals surface area contributed by atoms with Gasteiger partial charge in [0.05, 0.1) is 6.04 Å². The molecule has 2 heteroatoms. The van der Waals surface area contributed by atoms with Crippen LogP contribution in [0.4, 0.5) is 0 Å². The van der Waals surface area contributed by atoms with Crippen molar-refractivity contribution in [1.82, 2.24) is 4.90 Å². The van der Waals surface area contributed by atoms with E-state index in [1.807, 2.05) is 24.3 Å². The molecule has 1 aromatic rings. The number of terminal acetylenes is 1. The number of halogens is 1. The van der Waals surface area contributed by atoms with Gasteiger partial charge in [-0.2, -0.15) is 0 Å². The van der Waals surface area contributed by atoms with Gasteiger partial charge < -0.3 is 0 Å². The Morgan fingerprint density at radius 2 is 1.60 bits per heavy atom. The lowest BCUT2D eigenvalue weighted by molar-refractivity contribution is 0.252. The molecule has 0 aliphatic heterocycles. The standard InChI is InChI=1S/C23H34ClN/c1-4-7-9-13-19-25(20-14-10-8-5-2)22(6-3)18-17-21-15-11-12-16-23(21)24/h3,11-12,15-18,22H,4-5,7-10,13-14,19-20H2,1-2H3/b18-17+. The lowest BCUT2D eigenvalue weighted by atomic mass is 10.1. The second-order valence-electron chi connectivity index (χ2n) is 6.65. The van der Waals surface area contributed by atoms with Crippen molar-refractivity contribution in [3.8, 4) is 12.3 Å². The molecule has 25 heavy (non-hydrogen) atoms. The van der Waals surface area contributed by atoms with E-state index >= 15 is 0 Å². The Kier molecular flexibility index (Phi) is 12.2. The predicted octanol–water partition coefficient (Wildman–Crippen LogP) is 6.82. The van der Waals surface area contributed by atoms with Gasteiger partial charge in [-0.3, -0.25) is 4.90 Å². The first kappa shape index (κ1) is 21.8. The second-order valence-corrected chi connectivity index (χ2v) is 7.06. The van der Waals surface area contributed by atoms with E-state index in [9.17, 15) is 0 Å². The number of nitrogens with zero attached hydrogens (tertiary/aromatic N) is 1. The molecule has 0 aliphatic carbocycles. The number of hydrogen-bond donors (Lipinski definition) is 0. The lowest BCUT2D eigenvalue weighted by Gasteiger charge is -2.26. The molecule has 0 aromatic heterocycles. The SMILES string of the molecule is C#CC(/C=C/c1ccccc1Cl)N(CCCCCC)CCCCCC. The Morgan fingerprint density at radius 1 is 1.00 bits per heavy atom. The quantitative estimate of drug-likeness (QED) is 0.276. The van der Waals surface area contributed by atoms with Gasteiger partial charge >= 0.3 is 0 Å². The maximum Gasteiger partial charge on any atom is 0.0901 e. The summed E-state index contributed by atoms with van der Waals surface area (Å²) in [4.78, 5) is 2.46. The van der Waals surface area contributed by atoms with Crippen LogP contribution in [0.2, 0.25) is 5.02 Å². The van der Waals surface area contributed by atoms with E-state index in [-0.39, 0.29) is 6.04 Å². The van der Waals surface area contributed by atoms with E-state index < -0.39 is 0 Å². The molecule has 138 valence electrons. The Balaban J connectivity index is 2.69. The fourth-order valence-corrected chi connectivity index (χ4v) is 3.16. The number of benzene rings is 1. The van der Waals surface area contributed by atoms with E-state index in [4.69, 9.17) is 18.0 Å². The molecule has 1 unspecified atom stereocenters. The molecule has 1 nitrogen and oxygen atoms in total. The molecule has 1 atom stereocenters. The van der Waals surface area contributed by atoms with Gasteiger partial charge in [0, 0.05) is 5.02 Å². The summed E-state index contributed by atoms with van der Waals surface area (Å²) in [5, 5.41) is 0.770. The van der Waals surface area contributed by atoms with E-state index in [0.717, 1.165) is 23.7 Å². The third-order valence-electron chi connectivity index (χ3n) is 4.53. The Labute approximate surface area is 160 Å². The number of hydrogen-bond acceptors (Lipinski definition) is 1. The summed E-state index contributed by atoms with van der Waals surface area (Å²) >= 11 is 6.25. The molecule has 1 rings (SSSR count). The highest BCUT2D eigenvalue weighted by Crippen LogP contribution is 2.17. The van der Waals surface area contributed by atoms with Crippen LogP contribution in [0, 0.1) is 12.3 Å². The molecule has 0 heterocycles. The van der Waals surface area contributed by atoms with Gasteiger partial charge in [0.15, 0.2) is 0 Å². The summed E-state index contributed by atoms with van der Waals surface area (Å²) in [6, 6.07) is 7.94. The van der Waals surface area contributed by atoms with Crippen LogP contribution in [0.3, 0.4) is 0 Å². The molecule has 0 spiro atoms. The third kappa shape index (κ3) is 9.15. The minimum Gasteiger partial charge on any atom is -0.287 e. The first-order valence-corrected chi connectivity index (χ1v) is 10.2.